The quantitative estimate of drug-likeness (QED) is 0.570. The number of aryl methyl sites for hydroxylation is 1. The first-order chi connectivity index (χ1) is 15.9. The van der Waals surface area contributed by atoms with Crippen molar-refractivity contribution in [2.45, 2.75) is 37.6 Å². The van der Waals surface area contributed by atoms with Gasteiger partial charge in [-0.3, -0.25) is 14.5 Å². The van der Waals surface area contributed by atoms with Crippen molar-refractivity contribution in [1.29, 1.82) is 0 Å². The number of urea groups is 1. The molecule has 2 aromatic rings. The number of imide groups is 1. The second-order valence-corrected chi connectivity index (χ2v) is 9.21. The number of carbonyl (C=O) groups excluding carboxylic acids is 3. The van der Waals surface area contributed by atoms with Crippen molar-refractivity contribution in [1.82, 2.24) is 15.1 Å². The highest BCUT2D eigenvalue weighted by Gasteiger charge is 2.52. The van der Waals surface area contributed by atoms with Gasteiger partial charge in [-0.15, -0.1) is 0 Å². The molecule has 1 N–H and O–H groups in total. The molecule has 0 radical (unpaired) electrons. The Morgan fingerprint density at radius 1 is 1.06 bits per heavy atom. The van der Waals surface area contributed by atoms with Crippen LogP contribution in [0.25, 0.3) is 0 Å². The topological polar surface area (TPSA) is 69.7 Å². The van der Waals surface area contributed by atoms with Crippen LogP contribution in [0.5, 0.6) is 0 Å². The number of hydrogen-bond donors (Lipinski definition) is 1. The van der Waals surface area contributed by atoms with Crippen molar-refractivity contribution >= 4 is 17.7 Å². The van der Waals surface area contributed by atoms with E-state index in [4.69, 9.17) is 0 Å². The number of fused-ring (bicyclic) bond motifs is 1. The third kappa shape index (κ3) is 3.93. The summed E-state index contributed by atoms with van der Waals surface area (Å²) >= 11 is 0. The molecule has 2 saturated heterocycles. The summed E-state index contributed by atoms with van der Waals surface area (Å²) in [7, 11) is 0. The molecule has 1 spiro atoms. The standard InChI is InChI=1S/C25H25F2N3O3/c26-19-5-6-21(27)20(13-19)22(31)17-8-11-29(12-9-17)15-30-23(32)25(28-24(30)33)10-7-16-3-1-2-4-18(16)14-25/h1-6,13,17H,7-12,14-15H2,(H,28,33). The van der Waals surface area contributed by atoms with E-state index in [1.807, 2.05) is 23.1 Å². The van der Waals surface area contributed by atoms with Gasteiger partial charge in [0, 0.05) is 25.4 Å². The maximum atomic E-state index is 14.0. The normalized spacial score (nSPS) is 23.6. The molecule has 2 aliphatic heterocycles. The largest absolute Gasteiger partial charge is 0.326 e. The summed E-state index contributed by atoms with van der Waals surface area (Å²) in [6.45, 7) is 1.13. The van der Waals surface area contributed by atoms with E-state index in [0.717, 1.165) is 30.2 Å². The molecule has 3 aliphatic rings. The zero-order valence-corrected chi connectivity index (χ0v) is 18.2. The van der Waals surface area contributed by atoms with Crippen LogP contribution in [-0.2, 0) is 17.6 Å². The number of nitrogens with zero attached hydrogens (tertiary/aromatic N) is 2. The highest BCUT2D eigenvalue weighted by Crippen LogP contribution is 2.34. The van der Waals surface area contributed by atoms with Gasteiger partial charge in [-0.1, -0.05) is 24.3 Å². The number of Topliss-reactive ketones (excluding diaryl/α,β-unsaturated/α-hetero) is 1. The van der Waals surface area contributed by atoms with Crippen LogP contribution < -0.4 is 5.32 Å². The number of carbonyl (C=O) groups is 3. The molecule has 1 aliphatic carbocycles. The monoisotopic (exact) mass is 453 g/mol. The van der Waals surface area contributed by atoms with Crippen LogP contribution in [-0.4, -0.2) is 52.8 Å². The minimum Gasteiger partial charge on any atom is -0.323 e. The summed E-state index contributed by atoms with van der Waals surface area (Å²) in [4.78, 5) is 41.9. The van der Waals surface area contributed by atoms with Gasteiger partial charge < -0.3 is 5.32 Å². The summed E-state index contributed by atoms with van der Waals surface area (Å²) < 4.78 is 27.5. The molecular weight excluding hydrogens is 428 g/mol. The first-order valence-electron chi connectivity index (χ1n) is 11.3. The Kier molecular flexibility index (Phi) is 5.48. The van der Waals surface area contributed by atoms with Gasteiger partial charge in [0.15, 0.2) is 5.78 Å². The molecule has 2 fully saturated rings. The smallest absolute Gasteiger partial charge is 0.323 e. The fraction of sp³-hybridized carbons (Fsp3) is 0.400. The second-order valence-electron chi connectivity index (χ2n) is 9.21. The van der Waals surface area contributed by atoms with Gasteiger partial charge in [0.2, 0.25) is 0 Å². The predicted molar refractivity (Wildman–Crippen MR) is 116 cm³/mol. The van der Waals surface area contributed by atoms with E-state index in [-0.39, 0.29) is 24.2 Å². The second kappa shape index (κ2) is 8.33. The number of amides is 3. The van der Waals surface area contributed by atoms with Gasteiger partial charge in [0.1, 0.15) is 17.2 Å². The van der Waals surface area contributed by atoms with Crippen LogP contribution in [0.2, 0.25) is 0 Å². The average Bonchev–Trinajstić information content (AvgIpc) is 3.04. The minimum atomic E-state index is -0.894. The highest BCUT2D eigenvalue weighted by atomic mass is 19.1. The van der Waals surface area contributed by atoms with Crippen LogP contribution >= 0.6 is 0 Å². The van der Waals surface area contributed by atoms with Gasteiger partial charge in [-0.05, 0) is 55.0 Å². The summed E-state index contributed by atoms with van der Waals surface area (Å²) in [5, 5.41) is 2.94. The Balaban J connectivity index is 1.22. The molecule has 0 saturated carbocycles. The van der Waals surface area contributed by atoms with Gasteiger partial charge in [-0.2, -0.15) is 0 Å². The maximum absolute atomic E-state index is 14.0. The van der Waals surface area contributed by atoms with Gasteiger partial charge in [-0.25, -0.2) is 18.5 Å². The minimum absolute atomic E-state index is 0.156. The van der Waals surface area contributed by atoms with Crippen LogP contribution in [0.15, 0.2) is 42.5 Å². The van der Waals surface area contributed by atoms with Gasteiger partial charge in [0.25, 0.3) is 5.91 Å². The molecule has 6 nitrogen and oxygen atoms in total. The van der Waals surface area contributed by atoms with Crippen molar-refractivity contribution < 1.29 is 23.2 Å². The summed E-state index contributed by atoms with van der Waals surface area (Å²) in [5.41, 5.74) is 1.18. The van der Waals surface area contributed by atoms with Gasteiger partial charge in [0.05, 0.1) is 12.2 Å². The van der Waals surface area contributed by atoms with Crippen LogP contribution in [0.1, 0.15) is 40.7 Å². The average molecular weight is 453 g/mol. The fourth-order valence-electron chi connectivity index (χ4n) is 5.27. The third-order valence-electron chi connectivity index (χ3n) is 7.17. The molecule has 1 unspecified atom stereocenters. The Morgan fingerprint density at radius 2 is 1.79 bits per heavy atom. The van der Waals surface area contributed by atoms with E-state index in [1.165, 1.54) is 10.5 Å². The molecule has 5 rings (SSSR count). The fourth-order valence-corrected chi connectivity index (χ4v) is 5.27. The van der Waals surface area contributed by atoms with Crippen molar-refractivity contribution in [2.75, 3.05) is 19.8 Å². The van der Waals surface area contributed by atoms with E-state index in [9.17, 15) is 23.2 Å². The van der Waals surface area contributed by atoms with E-state index in [2.05, 4.69) is 11.4 Å². The van der Waals surface area contributed by atoms with Crippen LogP contribution in [0.3, 0.4) is 0 Å². The number of nitrogens with one attached hydrogen (secondary N) is 1. The lowest BCUT2D eigenvalue weighted by Gasteiger charge is -2.34. The van der Waals surface area contributed by atoms with Crippen molar-refractivity contribution in [3.8, 4) is 0 Å². The number of likely N-dealkylation sites (tertiary alicyclic amines) is 1. The van der Waals surface area contributed by atoms with E-state index in [1.54, 1.807) is 0 Å². The lowest BCUT2D eigenvalue weighted by Crippen LogP contribution is -2.52. The summed E-state index contributed by atoms with van der Waals surface area (Å²) in [6.07, 6.45) is 2.70. The lowest BCUT2D eigenvalue weighted by molar-refractivity contribution is -0.133. The Hall–Kier alpha value is -3.13. The van der Waals surface area contributed by atoms with E-state index in [0.29, 0.717) is 38.8 Å². The predicted octanol–water partition coefficient (Wildman–Crippen LogP) is 3.30. The van der Waals surface area contributed by atoms with Crippen molar-refractivity contribution in [2.24, 2.45) is 5.92 Å². The number of piperidine rings is 1. The maximum Gasteiger partial charge on any atom is 0.326 e. The number of benzene rings is 2. The highest BCUT2D eigenvalue weighted by molar-refractivity contribution is 6.07. The Bertz CT molecular complexity index is 1130. The molecule has 2 heterocycles. The first-order valence-corrected chi connectivity index (χ1v) is 11.3. The third-order valence-corrected chi connectivity index (χ3v) is 7.17. The molecule has 3 amide bonds. The summed E-state index contributed by atoms with van der Waals surface area (Å²) in [5.74, 6) is -2.39. The molecule has 33 heavy (non-hydrogen) atoms. The van der Waals surface area contributed by atoms with E-state index >= 15 is 0 Å². The molecule has 1 atom stereocenters. The first kappa shape index (κ1) is 21.7. The van der Waals surface area contributed by atoms with Crippen molar-refractivity contribution in [3.05, 3.63) is 70.8 Å². The molecule has 8 heteroatoms. The van der Waals surface area contributed by atoms with Crippen LogP contribution in [0.4, 0.5) is 13.6 Å². The summed E-state index contributed by atoms with van der Waals surface area (Å²) in [6, 6.07) is 10.5. The molecule has 0 aromatic heterocycles. The zero-order chi connectivity index (χ0) is 23.2. The van der Waals surface area contributed by atoms with Crippen LogP contribution in [0, 0.1) is 17.6 Å². The zero-order valence-electron chi connectivity index (χ0n) is 18.2. The number of hydrogen-bond acceptors (Lipinski definition) is 4. The number of halogens is 2. The van der Waals surface area contributed by atoms with Crippen molar-refractivity contribution in [3.63, 3.8) is 0 Å². The number of rotatable bonds is 4. The lowest BCUT2D eigenvalue weighted by atomic mass is 9.78. The van der Waals surface area contributed by atoms with E-state index < -0.39 is 28.9 Å². The van der Waals surface area contributed by atoms with Gasteiger partial charge >= 0.3 is 6.03 Å². The SMILES string of the molecule is O=C(c1cc(F)ccc1F)C1CCN(CN2C(=O)NC3(CCc4ccccc4C3)C2=O)CC1. The Morgan fingerprint density at radius 3 is 2.55 bits per heavy atom. The molecule has 2 aromatic carbocycles. The molecule has 0 bridgehead atoms. The molecule has 172 valence electrons. The molecular formula is C25H25F2N3O3. The number of ketones is 1. The Labute approximate surface area is 190 Å².